The van der Waals surface area contributed by atoms with Gasteiger partial charge < -0.3 is 15.7 Å². The molecule has 3 N–H and O–H groups in total. The van der Waals surface area contributed by atoms with E-state index in [4.69, 9.17) is 15.5 Å². The lowest BCUT2D eigenvalue weighted by atomic mass is 9.80. The second-order valence-electron chi connectivity index (χ2n) is 7.51. The Bertz CT molecular complexity index is 1050. The molecule has 2 heterocycles. The molecule has 0 spiro atoms. The van der Waals surface area contributed by atoms with Gasteiger partial charge in [0.25, 0.3) is 5.91 Å². The van der Waals surface area contributed by atoms with Crippen LogP contribution >= 0.6 is 11.3 Å². The molecule has 1 amide bonds. The maximum Gasteiger partial charge on any atom is 0.260 e. The summed E-state index contributed by atoms with van der Waals surface area (Å²) in [5.41, 5.74) is 7.93. The Morgan fingerprint density at radius 2 is 1.77 bits per heavy atom. The lowest BCUT2D eigenvalue weighted by Crippen LogP contribution is -2.51. The fraction of sp³-hybridized carbons (Fsp3) is 0.261. The van der Waals surface area contributed by atoms with Crippen LogP contribution < -0.4 is 5.73 Å². The number of nitrogens with two attached hydrogens (primary N) is 1. The van der Waals surface area contributed by atoms with Crippen LogP contribution in [0.5, 0.6) is 0 Å². The molecule has 7 nitrogen and oxygen atoms in total. The van der Waals surface area contributed by atoms with Gasteiger partial charge in [0.1, 0.15) is 5.01 Å². The van der Waals surface area contributed by atoms with Crippen molar-refractivity contribution in [2.75, 3.05) is 19.8 Å². The van der Waals surface area contributed by atoms with Crippen LogP contribution in [-0.4, -0.2) is 46.7 Å². The molecule has 0 unspecified atom stereocenters. The summed E-state index contributed by atoms with van der Waals surface area (Å²) < 4.78 is 5.61. The molecule has 0 bridgehead atoms. The molecule has 3 aromatic rings. The van der Waals surface area contributed by atoms with Crippen LogP contribution in [0.4, 0.5) is 0 Å². The fourth-order valence-electron chi connectivity index (χ4n) is 3.81. The van der Waals surface area contributed by atoms with E-state index in [1.807, 2.05) is 41.8 Å². The van der Waals surface area contributed by atoms with Crippen molar-refractivity contribution in [2.24, 2.45) is 10.9 Å². The first-order valence-electron chi connectivity index (χ1n) is 10.1. The zero-order chi connectivity index (χ0) is 21.7. The van der Waals surface area contributed by atoms with Crippen molar-refractivity contribution in [3.05, 3.63) is 76.6 Å². The smallest absolute Gasteiger partial charge is 0.260 e. The second-order valence-corrected chi connectivity index (χ2v) is 8.37. The summed E-state index contributed by atoms with van der Waals surface area (Å²) in [6, 6.07) is 18.8. The van der Waals surface area contributed by atoms with Crippen molar-refractivity contribution >= 4 is 23.2 Å². The van der Waals surface area contributed by atoms with Crippen molar-refractivity contribution < 1.29 is 14.7 Å². The molecule has 0 saturated carbocycles. The molecule has 1 aliphatic heterocycles. The summed E-state index contributed by atoms with van der Waals surface area (Å²) >= 11 is 1.57. The predicted octanol–water partition coefficient (Wildman–Crippen LogP) is 3.70. The number of rotatable bonds is 5. The molecule has 0 radical (unpaired) electrons. The minimum atomic E-state index is -0.449. The molecule has 31 heavy (non-hydrogen) atoms. The van der Waals surface area contributed by atoms with Gasteiger partial charge in [-0.3, -0.25) is 9.69 Å². The lowest BCUT2D eigenvalue weighted by Gasteiger charge is -2.39. The SMILES string of the molecule is NC(=NO)N(CC1(c2nc(-c3ccccc3)cs2)CCOCC1)C(=O)c1ccccc1. The van der Waals surface area contributed by atoms with E-state index < -0.39 is 5.41 Å². The van der Waals surface area contributed by atoms with Crippen LogP contribution in [0.3, 0.4) is 0 Å². The Labute approximate surface area is 184 Å². The van der Waals surface area contributed by atoms with Crippen molar-refractivity contribution in [1.82, 2.24) is 9.88 Å². The standard InChI is InChI=1S/C23H24N4O3S/c24-22(26-29)27(20(28)18-9-5-2-6-10-18)16-23(11-13-30-14-12-23)21-25-19(15-31-21)17-7-3-1-4-8-17/h1-10,15,29H,11-14,16H2,(H2,24,26). The summed E-state index contributed by atoms with van der Waals surface area (Å²) in [7, 11) is 0. The van der Waals surface area contributed by atoms with Gasteiger partial charge >= 0.3 is 0 Å². The second kappa shape index (κ2) is 9.28. The number of guanidine groups is 1. The molecule has 1 fully saturated rings. The van der Waals surface area contributed by atoms with Gasteiger partial charge in [0.15, 0.2) is 0 Å². The van der Waals surface area contributed by atoms with Gasteiger partial charge in [-0.05, 0) is 25.0 Å². The van der Waals surface area contributed by atoms with Crippen LogP contribution in [0, 0.1) is 0 Å². The molecule has 1 aliphatic rings. The molecule has 1 aromatic heterocycles. The van der Waals surface area contributed by atoms with Crippen LogP contribution in [-0.2, 0) is 10.2 Å². The summed E-state index contributed by atoms with van der Waals surface area (Å²) in [5, 5.41) is 15.5. The first-order valence-corrected chi connectivity index (χ1v) is 10.9. The quantitative estimate of drug-likeness (QED) is 0.275. The van der Waals surface area contributed by atoms with E-state index in [1.54, 1.807) is 35.6 Å². The third-order valence-corrected chi connectivity index (χ3v) is 6.67. The Balaban J connectivity index is 1.70. The maximum atomic E-state index is 13.2. The van der Waals surface area contributed by atoms with Gasteiger partial charge in [0, 0.05) is 41.7 Å². The van der Waals surface area contributed by atoms with Crippen molar-refractivity contribution in [1.29, 1.82) is 0 Å². The topological polar surface area (TPSA) is 101 Å². The first-order chi connectivity index (χ1) is 15.1. The monoisotopic (exact) mass is 436 g/mol. The third-order valence-electron chi connectivity index (χ3n) is 5.58. The zero-order valence-electron chi connectivity index (χ0n) is 17.0. The largest absolute Gasteiger partial charge is 0.408 e. The zero-order valence-corrected chi connectivity index (χ0v) is 17.8. The maximum absolute atomic E-state index is 13.2. The number of amides is 1. The van der Waals surface area contributed by atoms with Gasteiger partial charge in [0.05, 0.1) is 5.69 Å². The summed E-state index contributed by atoms with van der Waals surface area (Å²) in [5.74, 6) is -0.554. The highest BCUT2D eigenvalue weighted by atomic mass is 32.1. The van der Waals surface area contributed by atoms with E-state index in [0.717, 1.165) is 16.3 Å². The number of ether oxygens (including phenoxy) is 1. The summed E-state index contributed by atoms with van der Waals surface area (Å²) in [4.78, 5) is 19.5. The highest BCUT2D eigenvalue weighted by Crippen LogP contribution is 2.39. The first kappa shape index (κ1) is 21.0. The van der Waals surface area contributed by atoms with Gasteiger partial charge in [0.2, 0.25) is 5.96 Å². The van der Waals surface area contributed by atoms with Gasteiger partial charge in [-0.1, -0.05) is 53.7 Å². The summed E-state index contributed by atoms with van der Waals surface area (Å²) in [6.45, 7) is 1.37. The minimum absolute atomic E-state index is 0.237. The van der Waals surface area contributed by atoms with E-state index in [9.17, 15) is 10.0 Å². The Kier molecular flexibility index (Phi) is 6.29. The van der Waals surface area contributed by atoms with Crippen LogP contribution in [0.15, 0.2) is 71.2 Å². The van der Waals surface area contributed by atoms with Crippen LogP contribution in [0.1, 0.15) is 28.2 Å². The third kappa shape index (κ3) is 4.45. The number of nitrogens with zero attached hydrogens (tertiary/aromatic N) is 3. The Hall–Kier alpha value is -3.23. The number of carbonyl (C=O) groups is 1. The normalized spacial score (nSPS) is 16.1. The number of aromatic nitrogens is 1. The molecule has 1 saturated heterocycles. The number of benzene rings is 2. The van der Waals surface area contributed by atoms with E-state index in [2.05, 4.69) is 5.16 Å². The lowest BCUT2D eigenvalue weighted by molar-refractivity contribution is 0.0388. The molecule has 160 valence electrons. The average molecular weight is 437 g/mol. The summed E-state index contributed by atoms with van der Waals surface area (Å²) in [6.07, 6.45) is 1.37. The molecule has 0 aliphatic carbocycles. The molecule has 2 aromatic carbocycles. The number of thiazole rings is 1. The van der Waals surface area contributed by atoms with Gasteiger partial charge in [-0.2, -0.15) is 0 Å². The van der Waals surface area contributed by atoms with Gasteiger partial charge in [-0.15, -0.1) is 11.3 Å². The number of hydrogen-bond acceptors (Lipinski definition) is 6. The number of carbonyl (C=O) groups excluding carboxylic acids is 1. The molecular formula is C23H24N4O3S. The van der Waals surface area contributed by atoms with Crippen molar-refractivity contribution in [3.63, 3.8) is 0 Å². The Morgan fingerprint density at radius 3 is 2.42 bits per heavy atom. The highest BCUT2D eigenvalue weighted by molar-refractivity contribution is 7.10. The molecule has 4 rings (SSSR count). The van der Waals surface area contributed by atoms with E-state index in [0.29, 0.717) is 31.6 Å². The fourth-order valence-corrected chi connectivity index (χ4v) is 4.89. The van der Waals surface area contributed by atoms with E-state index >= 15 is 0 Å². The molecule has 8 heteroatoms. The molecular weight excluding hydrogens is 412 g/mol. The minimum Gasteiger partial charge on any atom is -0.408 e. The van der Waals surface area contributed by atoms with E-state index in [1.165, 1.54) is 4.90 Å². The highest BCUT2D eigenvalue weighted by Gasteiger charge is 2.41. The average Bonchev–Trinajstić information content (AvgIpc) is 3.35. The van der Waals surface area contributed by atoms with Crippen LogP contribution in [0.25, 0.3) is 11.3 Å². The van der Waals surface area contributed by atoms with Crippen molar-refractivity contribution in [2.45, 2.75) is 18.3 Å². The van der Waals surface area contributed by atoms with E-state index in [-0.39, 0.29) is 18.4 Å². The molecule has 0 atom stereocenters. The number of oxime groups is 1. The van der Waals surface area contributed by atoms with Crippen molar-refractivity contribution in [3.8, 4) is 11.3 Å². The van der Waals surface area contributed by atoms with Crippen LogP contribution in [0.2, 0.25) is 0 Å². The number of hydrogen-bond donors (Lipinski definition) is 2. The Morgan fingerprint density at radius 1 is 1.13 bits per heavy atom. The van der Waals surface area contributed by atoms with Gasteiger partial charge in [-0.25, -0.2) is 4.98 Å². The predicted molar refractivity (Wildman–Crippen MR) is 120 cm³/mol.